The van der Waals surface area contributed by atoms with Crippen LogP contribution in [0.15, 0.2) is 33.4 Å². The summed E-state index contributed by atoms with van der Waals surface area (Å²) in [5.41, 5.74) is 1.22. The number of likely N-dealkylation sites (tertiary alicyclic amines) is 1. The van der Waals surface area contributed by atoms with E-state index in [1.165, 1.54) is 16.4 Å². The largest absolute Gasteiger partial charge is 0.507 e. The number of hydrogen-bond acceptors (Lipinski definition) is 5. The van der Waals surface area contributed by atoms with Gasteiger partial charge in [-0.3, -0.25) is 14.5 Å². The van der Waals surface area contributed by atoms with E-state index < -0.39 is 44.9 Å². The second-order valence-corrected chi connectivity index (χ2v) is 10.8. The predicted octanol–water partition coefficient (Wildman–Crippen LogP) is 2.02. The number of allylic oxidation sites excluding steroid dienone is 2. The molecule has 9 nitrogen and oxygen atoms in total. The molecule has 0 spiro atoms. The van der Waals surface area contributed by atoms with Crippen LogP contribution in [0.5, 0.6) is 5.75 Å². The maximum atomic E-state index is 13.6. The van der Waals surface area contributed by atoms with Crippen molar-refractivity contribution in [1.29, 1.82) is 0 Å². The number of benzene rings is 1. The highest BCUT2D eigenvalue weighted by molar-refractivity contribution is 9.09. The molecule has 1 saturated heterocycles. The molecule has 0 bridgehead atoms. The third-order valence-corrected chi connectivity index (χ3v) is 9.23. The molecule has 2 amide bonds. The summed E-state index contributed by atoms with van der Waals surface area (Å²) < 4.78 is 3.60. The molecular formula is C22H21BrCl2N4O5. The fourth-order valence-electron chi connectivity index (χ4n) is 5.65. The van der Waals surface area contributed by atoms with Gasteiger partial charge >= 0.3 is 11.4 Å². The Labute approximate surface area is 212 Å². The number of imide groups is 1. The average Bonchev–Trinajstić information content (AvgIpc) is 3.10. The van der Waals surface area contributed by atoms with E-state index in [2.05, 4.69) is 15.9 Å². The van der Waals surface area contributed by atoms with Crippen LogP contribution in [0.2, 0.25) is 0 Å². The first kappa shape index (κ1) is 23.4. The molecular weight excluding hydrogens is 551 g/mol. The molecule has 2 aliphatic heterocycles. The highest BCUT2D eigenvalue weighted by Gasteiger charge is 2.75. The summed E-state index contributed by atoms with van der Waals surface area (Å²) in [7, 11) is 1.38. The van der Waals surface area contributed by atoms with Crippen molar-refractivity contribution in [2.75, 3.05) is 5.45 Å². The number of halogens is 3. The van der Waals surface area contributed by atoms with Gasteiger partial charge in [-0.15, -0.1) is 23.2 Å². The van der Waals surface area contributed by atoms with Crippen molar-refractivity contribution in [1.82, 2.24) is 18.8 Å². The van der Waals surface area contributed by atoms with Gasteiger partial charge in [0.15, 0.2) is 9.75 Å². The van der Waals surface area contributed by atoms with Crippen molar-refractivity contribution >= 4 is 50.9 Å². The average molecular weight is 572 g/mol. The van der Waals surface area contributed by atoms with E-state index >= 15 is 0 Å². The lowest BCUT2D eigenvalue weighted by Gasteiger charge is -2.49. The number of hydrogen-bond donors (Lipinski definition) is 1. The first-order valence-corrected chi connectivity index (χ1v) is 12.5. The van der Waals surface area contributed by atoms with Crippen molar-refractivity contribution in [3.8, 4) is 5.75 Å². The Kier molecular flexibility index (Phi) is 5.07. The zero-order valence-electron chi connectivity index (χ0n) is 18.5. The molecule has 34 heavy (non-hydrogen) atoms. The van der Waals surface area contributed by atoms with Gasteiger partial charge in [-0.05, 0) is 36.1 Å². The van der Waals surface area contributed by atoms with Gasteiger partial charge in [-0.25, -0.2) is 23.5 Å². The predicted molar refractivity (Wildman–Crippen MR) is 129 cm³/mol. The minimum Gasteiger partial charge on any atom is -0.507 e. The Balaban J connectivity index is 1.84. The molecule has 0 radical (unpaired) electrons. The lowest BCUT2D eigenvalue weighted by Crippen LogP contribution is -2.59. The van der Waals surface area contributed by atoms with Gasteiger partial charge in [0.25, 0.3) is 11.8 Å². The second kappa shape index (κ2) is 7.35. The minimum absolute atomic E-state index is 0.0896. The molecule has 0 unspecified atom stereocenters. The minimum atomic E-state index is -1.88. The van der Waals surface area contributed by atoms with Gasteiger partial charge < -0.3 is 5.11 Å². The number of carbonyl (C=O) groups excluding carboxylic acids is 2. The van der Waals surface area contributed by atoms with Crippen molar-refractivity contribution in [2.24, 2.45) is 7.05 Å². The van der Waals surface area contributed by atoms with Crippen molar-refractivity contribution in [2.45, 2.75) is 48.5 Å². The smallest absolute Gasteiger partial charge is 0.347 e. The molecule has 1 aromatic carbocycles. The number of phenolic OH excluding ortho intramolecular Hbond substituents is 1. The quantitative estimate of drug-likeness (QED) is 0.257. The molecule has 180 valence electrons. The summed E-state index contributed by atoms with van der Waals surface area (Å²) in [6.07, 6.45) is 1.64. The summed E-state index contributed by atoms with van der Waals surface area (Å²) in [4.78, 5) is 50.0. The highest BCUT2D eigenvalue weighted by Crippen LogP contribution is 2.63. The zero-order valence-corrected chi connectivity index (χ0v) is 21.6. The van der Waals surface area contributed by atoms with Crippen LogP contribution in [0.1, 0.15) is 35.1 Å². The Morgan fingerprint density at radius 1 is 1.09 bits per heavy atom. The number of aryl methyl sites for hydroxylation is 2. The number of amides is 2. The summed E-state index contributed by atoms with van der Waals surface area (Å²) >= 11 is 17.4. The number of alkyl halides is 3. The molecule has 2 fully saturated rings. The van der Waals surface area contributed by atoms with E-state index in [9.17, 15) is 24.3 Å². The molecule has 3 aliphatic rings. The number of nitrogens with zero attached hydrogens (tertiary/aromatic N) is 4. The fourth-order valence-corrected chi connectivity index (χ4v) is 7.06. The van der Waals surface area contributed by atoms with Crippen LogP contribution in [0.25, 0.3) is 0 Å². The molecule has 1 N–H and O–H groups in total. The lowest BCUT2D eigenvalue weighted by molar-refractivity contribution is -0.138. The Morgan fingerprint density at radius 2 is 1.71 bits per heavy atom. The van der Waals surface area contributed by atoms with Crippen molar-refractivity contribution in [3.05, 3.63) is 61.4 Å². The van der Waals surface area contributed by atoms with Crippen LogP contribution in [-0.4, -0.2) is 51.0 Å². The number of aromatic hydroxyl groups is 1. The molecule has 12 heteroatoms. The molecule has 1 saturated carbocycles. The summed E-state index contributed by atoms with van der Waals surface area (Å²) in [6.45, 7) is 3.55. The Bertz CT molecular complexity index is 1420. The van der Waals surface area contributed by atoms with Crippen LogP contribution >= 0.6 is 39.1 Å². The maximum absolute atomic E-state index is 13.6. The van der Waals surface area contributed by atoms with Gasteiger partial charge in [0.05, 0.1) is 18.0 Å². The van der Waals surface area contributed by atoms with Gasteiger partial charge in [-0.2, -0.15) is 0 Å². The number of rotatable bonds is 2. The van der Waals surface area contributed by atoms with E-state index in [-0.39, 0.29) is 24.2 Å². The number of phenols is 1. The summed E-state index contributed by atoms with van der Waals surface area (Å²) in [5, 5.41) is 10.3. The SMILES string of the molecule is Cc1cc([C@H]2C3=CCn4c(=O)n(C)c(=O)n4[C@@H]3C[C@@]3(Cl)C(=O)N(CBr)C(=O)[C@@]23Cl)cc(C)c1O. The van der Waals surface area contributed by atoms with Crippen LogP contribution in [0.4, 0.5) is 0 Å². The second-order valence-electron chi connectivity index (χ2n) is 9.08. The normalized spacial score (nSPS) is 30.2. The van der Waals surface area contributed by atoms with Gasteiger partial charge in [0.1, 0.15) is 5.75 Å². The van der Waals surface area contributed by atoms with E-state index in [0.29, 0.717) is 22.3 Å². The highest BCUT2D eigenvalue weighted by atomic mass is 79.9. The van der Waals surface area contributed by atoms with E-state index in [4.69, 9.17) is 23.2 Å². The van der Waals surface area contributed by atoms with Crippen LogP contribution in [0, 0.1) is 13.8 Å². The molecule has 3 heterocycles. The summed E-state index contributed by atoms with van der Waals surface area (Å²) in [5.74, 6) is -2.08. The van der Waals surface area contributed by atoms with Gasteiger partial charge in [0.2, 0.25) is 0 Å². The van der Waals surface area contributed by atoms with E-state index in [1.807, 2.05) is 0 Å². The molecule has 1 aliphatic carbocycles. The molecule has 2 aromatic rings. The van der Waals surface area contributed by atoms with Crippen molar-refractivity contribution < 1.29 is 14.7 Å². The first-order valence-electron chi connectivity index (χ1n) is 10.6. The monoisotopic (exact) mass is 570 g/mol. The van der Waals surface area contributed by atoms with Gasteiger partial charge in [-0.1, -0.05) is 34.1 Å². The summed E-state index contributed by atoms with van der Waals surface area (Å²) in [6, 6.07) is 2.65. The topological polar surface area (TPSA) is 107 Å². The Hall–Kier alpha value is -2.30. The number of aromatic nitrogens is 3. The molecule has 5 rings (SSSR count). The van der Waals surface area contributed by atoms with Crippen LogP contribution in [-0.2, 0) is 23.2 Å². The van der Waals surface area contributed by atoms with Crippen LogP contribution < -0.4 is 11.4 Å². The standard InChI is InChI=1S/C22H21BrCl2N4O5/c1-10-6-12(7-11(2)16(10)30)15-13-4-5-28-19(33)26(3)20(34)29(28)14(13)8-21(24)17(31)27(9-23)18(32)22(15,21)25/h4,6-7,14-15,30H,5,8-9H2,1-3H3/t14-,15+,21-,22+/m1/s1. The van der Waals surface area contributed by atoms with Gasteiger partial charge in [0, 0.05) is 19.4 Å². The van der Waals surface area contributed by atoms with E-state index in [0.717, 1.165) is 9.47 Å². The number of carbonyl (C=O) groups is 2. The van der Waals surface area contributed by atoms with Crippen LogP contribution in [0.3, 0.4) is 0 Å². The van der Waals surface area contributed by atoms with Crippen molar-refractivity contribution in [3.63, 3.8) is 0 Å². The molecule has 4 atom stereocenters. The maximum Gasteiger partial charge on any atom is 0.347 e. The molecule has 1 aromatic heterocycles. The lowest BCUT2D eigenvalue weighted by atomic mass is 9.64. The first-order chi connectivity index (χ1) is 15.9. The van der Waals surface area contributed by atoms with E-state index in [1.54, 1.807) is 32.1 Å². The fraction of sp³-hybridized carbons (Fsp3) is 0.455. The zero-order chi connectivity index (χ0) is 24.9. The third-order valence-electron chi connectivity index (χ3n) is 7.32. The Morgan fingerprint density at radius 3 is 2.29 bits per heavy atom. The third kappa shape index (κ3) is 2.62. The number of fused-ring (bicyclic) bond motifs is 4.